The molecule has 2 nitrogen and oxygen atoms in total. The fraction of sp³-hybridized carbons (Fsp3) is 0.857. The normalized spacial score (nSPS) is 11.9. The van der Waals surface area contributed by atoms with Crippen molar-refractivity contribution in [1.82, 2.24) is 0 Å². The summed E-state index contributed by atoms with van der Waals surface area (Å²) in [6.07, 6.45) is 43.1. The topological polar surface area (TPSA) is 32.3 Å². The van der Waals surface area contributed by atoms with Gasteiger partial charge in [0.15, 0.2) is 5.75 Å². The van der Waals surface area contributed by atoms with Crippen molar-refractivity contribution in [2.75, 3.05) is 0 Å². The second-order valence-corrected chi connectivity index (χ2v) is 19.3. The van der Waals surface area contributed by atoms with Gasteiger partial charge in [0, 0.05) is 0 Å². The fourth-order valence-electron chi connectivity index (χ4n) is 6.95. The van der Waals surface area contributed by atoms with Gasteiger partial charge in [-0.2, -0.15) is 0 Å². The smallest absolute Gasteiger partial charge is 0.168 e. The molecule has 0 N–H and O–H groups in total. The number of aryl methyl sites for hydroxylation is 2. The second kappa shape index (κ2) is 33.3. The van der Waals surface area contributed by atoms with Gasteiger partial charge in [0.05, 0.1) is 0 Å². The van der Waals surface area contributed by atoms with Crippen LogP contribution in [0.3, 0.4) is 0 Å². The Balaban J connectivity index is 2.12. The lowest BCUT2D eigenvalue weighted by molar-refractivity contribution is -0.169. The minimum atomic E-state index is -3.39. The summed E-state index contributed by atoms with van der Waals surface area (Å²) < 4.78 is 5.53. The summed E-state index contributed by atoms with van der Waals surface area (Å²) in [5.41, 5.74) is 2.55. The Morgan fingerprint density at radius 1 is 0.404 bits per heavy atom. The maximum atomic E-state index is 12.0. The minimum Gasteiger partial charge on any atom is -0.682 e. The molecule has 1 rings (SSSR count). The molecule has 47 heavy (non-hydrogen) atoms. The van der Waals surface area contributed by atoms with Gasteiger partial charge in [-0.3, -0.25) is 0 Å². The van der Waals surface area contributed by atoms with Gasteiger partial charge in [-0.05, 0) is 48.9 Å². The van der Waals surface area contributed by atoms with Crippen LogP contribution >= 0.6 is 6.12 Å². The minimum absolute atomic E-state index is 0.610. The molecule has 1 aromatic rings. The third-order valence-corrected chi connectivity index (χ3v) is 10.8. The van der Waals surface area contributed by atoms with Crippen molar-refractivity contribution in [3.63, 3.8) is 0 Å². The molecular weight excluding hydrogens is 632 g/mol. The molecule has 0 aromatic heterocycles. The van der Waals surface area contributed by atoms with E-state index in [1.807, 2.05) is 12.1 Å². The van der Waals surface area contributed by atoms with E-state index in [9.17, 15) is 4.89 Å². The summed E-state index contributed by atoms with van der Waals surface area (Å²) in [5, 5.41) is 0. The first-order valence-electron chi connectivity index (χ1n) is 20.8. The SMILES string of the molecule is CCCCCCCCCCCCCCCCCCc1cc(CCCCCCCCCCCCCCCCCC)cc(O[P+]([O-])([S-])[S-])c1. The maximum Gasteiger partial charge on any atom is 0.168 e. The van der Waals surface area contributed by atoms with Crippen LogP contribution in [-0.4, -0.2) is 0 Å². The maximum absolute atomic E-state index is 12.0. The third kappa shape index (κ3) is 31.8. The first kappa shape index (κ1) is 45.1. The first-order valence-corrected chi connectivity index (χ1v) is 24.4. The van der Waals surface area contributed by atoms with Crippen molar-refractivity contribution in [3.8, 4) is 5.75 Å². The van der Waals surface area contributed by atoms with E-state index >= 15 is 0 Å². The van der Waals surface area contributed by atoms with Crippen LogP contribution in [0.5, 0.6) is 5.75 Å². The van der Waals surface area contributed by atoms with E-state index < -0.39 is 6.12 Å². The number of hydrogen-bond acceptors (Lipinski definition) is 4. The molecule has 0 fully saturated rings. The van der Waals surface area contributed by atoms with Crippen LogP contribution in [0.4, 0.5) is 0 Å². The molecule has 0 spiro atoms. The van der Waals surface area contributed by atoms with Crippen LogP contribution in [0.15, 0.2) is 18.2 Å². The Bertz CT molecular complexity index is 743. The molecule has 0 amide bonds. The molecule has 0 saturated heterocycles. The first-order chi connectivity index (χ1) is 22.9. The van der Waals surface area contributed by atoms with E-state index in [2.05, 4.69) is 19.9 Å². The molecular formula is C42H77O2PS2-2. The molecule has 276 valence electrons. The number of hydrogen-bond donors (Lipinski definition) is 0. The van der Waals surface area contributed by atoms with Crippen LogP contribution in [-0.2, 0) is 37.3 Å². The van der Waals surface area contributed by atoms with Gasteiger partial charge in [-0.25, -0.2) is 0 Å². The van der Waals surface area contributed by atoms with Crippen molar-refractivity contribution in [2.45, 2.75) is 232 Å². The summed E-state index contributed by atoms with van der Waals surface area (Å²) in [5.74, 6) is 0.610. The van der Waals surface area contributed by atoms with Crippen LogP contribution in [0.2, 0.25) is 0 Å². The molecule has 0 aliphatic rings. The molecule has 0 radical (unpaired) electrons. The van der Waals surface area contributed by atoms with E-state index in [0.717, 1.165) is 12.8 Å². The Morgan fingerprint density at radius 2 is 0.638 bits per heavy atom. The van der Waals surface area contributed by atoms with E-state index in [4.69, 9.17) is 29.0 Å². The van der Waals surface area contributed by atoms with Gasteiger partial charge in [-0.1, -0.05) is 213 Å². The molecule has 1 aromatic carbocycles. The van der Waals surface area contributed by atoms with E-state index in [0.29, 0.717) is 5.75 Å². The van der Waals surface area contributed by atoms with Gasteiger partial charge in [-0.15, -0.1) is 6.12 Å². The average molecular weight is 709 g/mol. The average Bonchev–Trinajstić information content (AvgIpc) is 3.03. The van der Waals surface area contributed by atoms with Gasteiger partial charge >= 0.3 is 0 Å². The molecule has 0 aliphatic heterocycles. The second-order valence-electron chi connectivity index (χ2n) is 14.6. The largest absolute Gasteiger partial charge is 0.682 e. The number of benzene rings is 1. The van der Waals surface area contributed by atoms with Gasteiger partial charge < -0.3 is 33.9 Å². The summed E-state index contributed by atoms with van der Waals surface area (Å²) in [6, 6.07) is 6.38. The van der Waals surface area contributed by atoms with Crippen molar-refractivity contribution in [3.05, 3.63) is 29.3 Å². The Morgan fingerprint density at radius 3 is 0.872 bits per heavy atom. The van der Waals surface area contributed by atoms with E-state index in [-0.39, 0.29) is 0 Å². The molecule has 0 unspecified atom stereocenters. The zero-order valence-corrected chi connectivity index (χ0v) is 33.9. The molecule has 5 heteroatoms. The third-order valence-electron chi connectivity index (χ3n) is 9.88. The Hall–Kier alpha value is 0.110. The highest BCUT2D eigenvalue weighted by atomic mass is 33.1. The van der Waals surface area contributed by atoms with Crippen LogP contribution in [0.1, 0.15) is 230 Å². The van der Waals surface area contributed by atoms with Crippen LogP contribution in [0, 0.1) is 0 Å². The predicted octanol–water partition coefficient (Wildman–Crippen LogP) is 14.8. The molecule has 0 aliphatic carbocycles. The standard InChI is InChI=1S/C42H79O2PS2/c1-3-5-7-9-11-13-15-17-19-21-23-25-27-29-31-33-35-40-37-41(39-42(38-40)44-45(43,46)47)36-34-32-30-28-26-24-22-20-18-16-14-12-10-8-6-4-2/h37-39H,3-36H2,1-2H3,(H2,43,46,47)/p-2. The fourth-order valence-corrected chi connectivity index (χ4v) is 7.83. The summed E-state index contributed by atoms with van der Waals surface area (Å²) in [4.78, 5) is 12.0. The zero-order chi connectivity index (χ0) is 34.1. The van der Waals surface area contributed by atoms with Crippen LogP contribution < -0.4 is 9.42 Å². The zero-order valence-electron chi connectivity index (χ0n) is 31.4. The van der Waals surface area contributed by atoms with E-state index in [1.165, 1.54) is 217 Å². The number of rotatable bonds is 36. The molecule has 0 bridgehead atoms. The van der Waals surface area contributed by atoms with Gasteiger partial charge in [0.1, 0.15) is 0 Å². The highest BCUT2D eigenvalue weighted by molar-refractivity contribution is 8.69. The predicted molar refractivity (Wildman–Crippen MR) is 215 cm³/mol. The summed E-state index contributed by atoms with van der Waals surface area (Å²) in [7, 11) is 0. The van der Waals surface area contributed by atoms with Gasteiger partial charge in [0.2, 0.25) is 0 Å². The highest BCUT2D eigenvalue weighted by Gasteiger charge is 2.07. The molecule has 0 saturated carbocycles. The highest BCUT2D eigenvalue weighted by Crippen LogP contribution is 2.46. The van der Waals surface area contributed by atoms with Crippen molar-refractivity contribution >= 4 is 30.6 Å². The summed E-state index contributed by atoms with van der Waals surface area (Å²) in [6.45, 7) is 4.59. The lowest BCUT2D eigenvalue weighted by Crippen LogP contribution is -2.09. The lowest BCUT2D eigenvalue weighted by Gasteiger charge is -2.42. The van der Waals surface area contributed by atoms with E-state index in [1.54, 1.807) is 0 Å². The monoisotopic (exact) mass is 709 g/mol. The Labute approximate surface area is 306 Å². The summed E-state index contributed by atoms with van der Waals surface area (Å²) >= 11 is 9.84. The lowest BCUT2D eigenvalue weighted by atomic mass is 9.99. The van der Waals surface area contributed by atoms with Crippen molar-refractivity contribution in [1.29, 1.82) is 0 Å². The molecule has 0 atom stereocenters. The quantitative estimate of drug-likeness (QED) is 0.0395. The van der Waals surface area contributed by atoms with Crippen molar-refractivity contribution < 1.29 is 9.42 Å². The molecule has 0 heterocycles. The van der Waals surface area contributed by atoms with Gasteiger partial charge in [0.25, 0.3) is 0 Å². The number of unbranched alkanes of at least 4 members (excludes halogenated alkanes) is 30. The van der Waals surface area contributed by atoms with Crippen LogP contribution in [0.25, 0.3) is 0 Å². The Kier molecular flexibility index (Phi) is 31.9. The van der Waals surface area contributed by atoms with Crippen molar-refractivity contribution in [2.24, 2.45) is 0 Å².